The van der Waals surface area contributed by atoms with Gasteiger partial charge < -0.3 is 4.42 Å². The lowest BCUT2D eigenvalue weighted by atomic mass is 10.1. The fourth-order valence-corrected chi connectivity index (χ4v) is 2.45. The van der Waals surface area contributed by atoms with Crippen molar-refractivity contribution < 1.29 is 9.34 Å². The third-order valence-electron chi connectivity index (χ3n) is 3.46. The highest BCUT2D eigenvalue weighted by Crippen LogP contribution is 2.25. The second-order valence-electron chi connectivity index (χ2n) is 5.12. The van der Waals surface area contributed by atoms with E-state index in [1.165, 1.54) is 12.1 Å². The molecular formula is C17H11ClN2O4. The standard InChI is InChI=1S/C17H11ClN2O4/c1-10-6-7-11(9-15(10)20(22)23)8-13(18)16-19-14-5-3-2-4-12(14)17(21)24-16/h2-9H,1H3/b13-8-. The number of para-hydroxylation sites is 1. The monoisotopic (exact) mass is 342 g/mol. The highest BCUT2D eigenvalue weighted by atomic mass is 35.5. The molecule has 0 saturated carbocycles. The van der Waals surface area contributed by atoms with Crippen LogP contribution in [0.5, 0.6) is 0 Å². The zero-order valence-electron chi connectivity index (χ0n) is 12.5. The number of hydrogen-bond donors (Lipinski definition) is 0. The predicted octanol–water partition coefficient (Wildman–Crippen LogP) is 4.14. The molecule has 120 valence electrons. The predicted molar refractivity (Wildman–Crippen MR) is 91.8 cm³/mol. The van der Waals surface area contributed by atoms with Gasteiger partial charge in [-0.2, -0.15) is 0 Å². The van der Waals surface area contributed by atoms with E-state index in [0.29, 0.717) is 22.0 Å². The van der Waals surface area contributed by atoms with Crippen molar-refractivity contribution >= 4 is 39.3 Å². The van der Waals surface area contributed by atoms with Gasteiger partial charge in [0.25, 0.3) is 5.69 Å². The number of nitro groups is 1. The molecule has 0 spiro atoms. The van der Waals surface area contributed by atoms with Gasteiger partial charge in [-0.1, -0.05) is 35.9 Å². The minimum absolute atomic E-state index is 0.0128. The van der Waals surface area contributed by atoms with Crippen LogP contribution in [0.15, 0.2) is 51.7 Å². The van der Waals surface area contributed by atoms with Crippen LogP contribution in [0.3, 0.4) is 0 Å². The molecule has 7 heteroatoms. The van der Waals surface area contributed by atoms with Gasteiger partial charge in [0.15, 0.2) is 0 Å². The van der Waals surface area contributed by atoms with E-state index in [2.05, 4.69) is 4.98 Å². The van der Waals surface area contributed by atoms with Crippen LogP contribution in [-0.2, 0) is 0 Å². The third kappa shape index (κ3) is 3.04. The molecule has 0 N–H and O–H groups in total. The summed E-state index contributed by atoms with van der Waals surface area (Å²) in [5.41, 5.74) is 0.960. The number of benzene rings is 2. The first kappa shape index (κ1) is 15.9. The Labute approximate surface area is 141 Å². The highest BCUT2D eigenvalue weighted by Gasteiger charge is 2.12. The molecule has 0 bridgehead atoms. The number of hydrogen-bond acceptors (Lipinski definition) is 5. The summed E-state index contributed by atoms with van der Waals surface area (Å²) in [7, 11) is 0. The average Bonchev–Trinajstić information content (AvgIpc) is 2.56. The first-order chi connectivity index (χ1) is 11.5. The van der Waals surface area contributed by atoms with Crippen molar-refractivity contribution in [3.8, 4) is 0 Å². The molecule has 0 aliphatic rings. The van der Waals surface area contributed by atoms with E-state index in [0.717, 1.165) is 0 Å². The van der Waals surface area contributed by atoms with E-state index < -0.39 is 10.5 Å². The zero-order chi connectivity index (χ0) is 17.3. The summed E-state index contributed by atoms with van der Waals surface area (Å²) in [4.78, 5) is 26.7. The number of rotatable bonds is 3. The Balaban J connectivity index is 2.07. The van der Waals surface area contributed by atoms with Crippen molar-refractivity contribution in [2.45, 2.75) is 6.92 Å². The number of nitro benzene ring substituents is 1. The number of aromatic nitrogens is 1. The average molecular weight is 343 g/mol. The molecule has 1 aromatic heterocycles. The molecule has 1 heterocycles. The first-order valence-corrected chi connectivity index (χ1v) is 7.36. The molecule has 0 fully saturated rings. The van der Waals surface area contributed by atoms with Crippen molar-refractivity contribution in [2.75, 3.05) is 0 Å². The van der Waals surface area contributed by atoms with E-state index in [-0.39, 0.29) is 16.6 Å². The fourth-order valence-electron chi connectivity index (χ4n) is 2.24. The second-order valence-corrected chi connectivity index (χ2v) is 5.53. The number of nitrogens with zero attached hydrogens (tertiary/aromatic N) is 2. The Hall–Kier alpha value is -2.99. The van der Waals surface area contributed by atoms with Crippen LogP contribution in [0.1, 0.15) is 17.0 Å². The Bertz CT molecular complexity index is 1040. The number of fused-ring (bicyclic) bond motifs is 1. The van der Waals surface area contributed by atoms with Crippen LogP contribution in [0.2, 0.25) is 0 Å². The lowest BCUT2D eigenvalue weighted by Crippen LogP contribution is -2.03. The Kier molecular flexibility index (Phi) is 4.14. The summed E-state index contributed by atoms with van der Waals surface area (Å²) in [6, 6.07) is 11.5. The Morgan fingerprint density at radius 3 is 2.79 bits per heavy atom. The van der Waals surface area contributed by atoms with Crippen molar-refractivity contribution in [2.24, 2.45) is 0 Å². The van der Waals surface area contributed by atoms with Crippen LogP contribution >= 0.6 is 11.6 Å². The summed E-state index contributed by atoms with van der Waals surface area (Å²) < 4.78 is 5.13. The molecule has 3 rings (SSSR count). The quantitative estimate of drug-likeness (QED) is 0.527. The summed E-state index contributed by atoms with van der Waals surface area (Å²) in [6.45, 7) is 1.65. The molecule has 0 aliphatic heterocycles. The molecule has 0 saturated heterocycles. The largest absolute Gasteiger partial charge is 0.402 e. The summed E-state index contributed by atoms with van der Waals surface area (Å²) >= 11 is 6.18. The summed E-state index contributed by atoms with van der Waals surface area (Å²) in [5, 5.41) is 11.4. The molecular weight excluding hydrogens is 332 g/mol. The van der Waals surface area contributed by atoms with Crippen molar-refractivity contribution in [3.05, 3.63) is 80.0 Å². The lowest BCUT2D eigenvalue weighted by molar-refractivity contribution is -0.385. The van der Waals surface area contributed by atoms with Crippen molar-refractivity contribution in [1.29, 1.82) is 0 Å². The molecule has 2 aromatic carbocycles. The Morgan fingerprint density at radius 2 is 2.04 bits per heavy atom. The van der Waals surface area contributed by atoms with Gasteiger partial charge in [0.1, 0.15) is 5.03 Å². The fraction of sp³-hybridized carbons (Fsp3) is 0.0588. The van der Waals surface area contributed by atoms with Crippen molar-refractivity contribution in [1.82, 2.24) is 4.98 Å². The van der Waals surface area contributed by atoms with E-state index >= 15 is 0 Å². The van der Waals surface area contributed by atoms with E-state index in [1.54, 1.807) is 43.3 Å². The smallest absolute Gasteiger partial charge is 0.347 e. The maximum atomic E-state index is 12.0. The van der Waals surface area contributed by atoms with Gasteiger partial charge in [0, 0.05) is 11.6 Å². The lowest BCUT2D eigenvalue weighted by Gasteiger charge is -2.02. The molecule has 0 aliphatic carbocycles. The molecule has 3 aromatic rings. The van der Waals surface area contributed by atoms with Crippen molar-refractivity contribution in [3.63, 3.8) is 0 Å². The number of aryl methyl sites for hydroxylation is 1. The van der Waals surface area contributed by atoms with Crippen LogP contribution in [0, 0.1) is 17.0 Å². The Morgan fingerprint density at radius 1 is 1.29 bits per heavy atom. The van der Waals surface area contributed by atoms with Gasteiger partial charge >= 0.3 is 5.63 Å². The SMILES string of the molecule is Cc1ccc(/C=C(\Cl)c2nc3ccccc3c(=O)o2)cc1[N+](=O)[O-]. The van der Waals surface area contributed by atoms with E-state index in [9.17, 15) is 14.9 Å². The van der Waals surface area contributed by atoms with Gasteiger partial charge in [-0.25, -0.2) is 9.78 Å². The maximum absolute atomic E-state index is 12.0. The normalized spacial score (nSPS) is 11.7. The van der Waals surface area contributed by atoms with E-state index in [4.69, 9.17) is 16.0 Å². The van der Waals surface area contributed by atoms with Gasteiger partial charge in [0.2, 0.25) is 5.89 Å². The minimum Gasteiger partial charge on any atom is -0.402 e. The van der Waals surface area contributed by atoms with Gasteiger partial charge in [-0.05, 0) is 30.7 Å². The van der Waals surface area contributed by atoms with Crippen LogP contribution in [-0.4, -0.2) is 9.91 Å². The highest BCUT2D eigenvalue weighted by molar-refractivity contribution is 6.50. The summed E-state index contributed by atoms with van der Waals surface area (Å²) in [6.07, 6.45) is 1.47. The number of halogens is 1. The first-order valence-electron chi connectivity index (χ1n) is 6.98. The topological polar surface area (TPSA) is 86.2 Å². The third-order valence-corrected chi connectivity index (χ3v) is 3.73. The maximum Gasteiger partial charge on any atom is 0.347 e. The van der Waals surface area contributed by atoms with Gasteiger partial charge in [0.05, 0.1) is 15.8 Å². The van der Waals surface area contributed by atoms with Gasteiger partial charge in [-0.3, -0.25) is 10.1 Å². The van der Waals surface area contributed by atoms with Crippen LogP contribution in [0.25, 0.3) is 22.0 Å². The molecule has 0 amide bonds. The zero-order valence-corrected chi connectivity index (χ0v) is 13.3. The second kappa shape index (κ2) is 6.25. The van der Waals surface area contributed by atoms with Crippen LogP contribution in [0.4, 0.5) is 5.69 Å². The molecule has 0 atom stereocenters. The molecule has 0 unspecified atom stereocenters. The molecule has 0 radical (unpaired) electrons. The van der Waals surface area contributed by atoms with Gasteiger partial charge in [-0.15, -0.1) is 0 Å². The minimum atomic E-state index is -0.544. The summed E-state index contributed by atoms with van der Waals surface area (Å²) in [5.74, 6) is -0.0383. The van der Waals surface area contributed by atoms with E-state index in [1.807, 2.05) is 0 Å². The van der Waals surface area contributed by atoms with Crippen LogP contribution < -0.4 is 5.63 Å². The molecule has 24 heavy (non-hydrogen) atoms. The molecule has 6 nitrogen and oxygen atoms in total.